The van der Waals surface area contributed by atoms with Gasteiger partial charge in [-0.25, -0.2) is 8.42 Å². The lowest BCUT2D eigenvalue weighted by Gasteiger charge is -2.28. The van der Waals surface area contributed by atoms with Crippen LogP contribution in [-0.4, -0.2) is 30.1 Å². The summed E-state index contributed by atoms with van der Waals surface area (Å²) >= 11 is 6.00. The minimum absolute atomic E-state index is 0.0723. The Morgan fingerprint density at radius 1 is 0.703 bits per heavy atom. The van der Waals surface area contributed by atoms with Gasteiger partial charge in [-0.05, 0) is 47.9 Å². The van der Waals surface area contributed by atoms with Gasteiger partial charge in [0.05, 0.1) is 11.4 Å². The molecular weight excluding hydrogens is 504 g/mol. The predicted molar refractivity (Wildman–Crippen MR) is 147 cm³/mol. The van der Waals surface area contributed by atoms with Crippen LogP contribution in [0.3, 0.4) is 0 Å². The number of hydrogen-bond acceptors (Lipinski definition) is 3. The molecule has 0 aliphatic rings. The molecule has 0 aromatic heterocycles. The van der Waals surface area contributed by atoms with Gasteiger partial charge in [-0.1, -0.05) is 102 Å². The average Bonchev–Trinajstić information content (AvgIpc) is 2.89. The fourth-order valence-corrected chi connectivity index (χ4v) is 5.59. The van der Waals surface area contributed by atoms with Crippen LogP contribution < -0.4 is 0 Å². The highest BCUT2D eigenvalue weighted by Crippen LogP contribution is 2.22. The van der Waals surface area contributed by atoms with E-state index in [2.05, 4.69) is 0 Å². The van der Waals surface area contributed by atoms with Gasteiger partial charge in [0.1, 0.15) is 0 Å². The van der Waals surface area contributed by atoms with Gasteiger partial charge >= 0.3 is 0 Å². The molecule has 0 N–H and O–H groups in total. The molecule has 0 heterocycles. The third kappa shape index (κ3) is 7.29. The van der Waals surface area contributed by atoms with E-state index < -0.39 is 10.0 Å². The normalized spacial score (nSPS) is 11.4. The topological polar surface area (TPSA) is 57.7 Å². The summed E-state index contributed by atoms with van der Waals surface area (Å²) in [6.07, 6.45) is 0. The molecule has 0 spiro atoms. The number of halogens is 1. The Labute approximate surface area is 224 Å². The van der Waals surface area contributed by atoms with Crippen molar-refractivity contribution in [3.05, 3.63) is 136 Å². The summed E-state index contributed by atoms with van der Waals surface area (Å²) < 4.78 is 28.7. The Morgan fingerprint density at radius 3 is 1.78 bits per heavy atom. The first-order valence-corrected chi connectivity index (χ1v) is 13.8. The predicted octanol–water partition coefficient (Wildman–Crippen LogP) is 6.07. The van der Waals surface area contributed by atoms with Crippen molar-refractivity contribution in [3.8, 4) is 0 Å². The zero-order valence-electron chi connectivity index (χ0n) is 20.6. The van der Waals surface area contributed by atoms with Gasteiger partial charge in [0, 0.05) is 24.7 Å². The van der Waals surface area contributed by atoms with E-state index in [1.165, 1.54) is 28.6 Å². The Hall–Kier alpha value is -3.45. The number of rotatable bonds is 10. The maximum Gasteiger partial charge on any atom is 0.243 e. The second-order valence-corrected chi connectivity index (χ2v) is 11.3. The van der Waals surface area contributed by atoms with Gasteiger partial charge in [0.2, 0.25) is 15.9 Å². The van der Waals surface area contributed by atoms with E-state index in [4.69, 9.17) is 11.6 Å². The first kappa shape index (κ1) is 26.6. The summed E-state index contributed by atoms with van der Waals surface area (Å²) in [6, 6.07) is 33.0. The van der Waals surface area contributed by atoms with Crippen LogP contribution in [0.25, 0.3) is 0 Å². The summed E-state index contributed by atoms with van der Waals surface area (Å²) in [6.45, 7) is 2.47. The van der Waals surface area contributed by atoms with Crippen LogP contribution in [0.1, 0.15) is 22.3 Å². The number of benzene rings is 4. The quantitative estimate of drug-likeness (QED) is 0.249. The number of amides is 1. The van der Waals surface area contributed by atoms with E-state index in [9.17, 15) is 13.2 Å². The van der Waals surface area contributed by atoms with Gasteiger partial charge < -0.3 is 4.90 Å². The van der Waals surface area contributed by atoms with Crippen LogP contribution in [0, 0.1) is 6.92 Å². The third-order valence-corrected chi connectivity index (χ3v) is 8.05. The zero-order chi connectivity index (χ0) is 26.3. The van der Waals surface area contributed by atoms with Gasteiger partial charge in [-0.3, -0.25) is 4.79 Å². The summed E-state index contributed by atoms with van der Waals surface area (Å²) in [5.74, 6) is -0.280. The molecule has 0 radical (unpaired) electrons. The van der Waals surface area contributed by atoms with Crippen LogP contribution in [-0.2, 0) is 34.5 Å². The molecule has 0 saturated heterocycles. The van der Waals surface area contributed by atoms with E-state index in [-0.39, 0.29) is 23.9 Å². The lowest BCUT2D eigenvalue weighted by molar-refractivity contribution is -0.132. The van der Waals surface area contributed by atoms with Crippen LogP contribution in [0.5, 0.6) is 0 Å². The van der Waals surface area contributed by atoms with E-state index in [0.717, 1.165) is 22.3 Å². The van der Waals surface area contributed by atoms with Gasteiger partial charge in [0.25, 0.3) is 0 Å². The van der Waals surface area contributed by atoms with Crippen LogP contribution >= 0.6 is 11.6 Å². The number of carbonyl (C=O) groups is 1. The highest BCUT2D eigenvalue weighted by molar-refractivity contribution is 7.89. The molecule has 37 heavy (non-hydrogen) atoms. The van der Waals surface area contributed by atoms with Crippen LogP contribution in [0.2, 0.25) is 5.02 Å². The molecular formula is C30H29ClN2O3S. The van der Waals surface area contributed by atoms with Crippen molar-refractivity contribution < 1.29 is 13.2 Å². The molecule has 0 unspecified atom stereocenters. The molecule has 4 aromatic carbocycles. The SMILES string of the molecule is Cc1cccc(CN(CC(=O)N(Cc2ccccc2)Cc2ccccc2)S(=O)(=O)c2ccc(Cl)cc2)c1. The summed E-state index contributed by atoms with van der Waals surface area (Å²) in [4.78, 5) is 15.5. The van der Waals surface area contributed by atoms with Crippen LogP contribution in [0.15, 0.2) is 114 Å². The molecule has 4 rings (SSSR count). The average molecular weight is 533 g/mol. The van der Waals surface area contributed by atoms with E-state index in [1.807, 2.05) is 91.9 Å². The molecule has 4 aromatic rings. The molecule has 0 aliphatic carbocycles. The Morgan fingerprint density at radius 2 is 1.24 bits per heavy atom. The minimum atomic E-state index is -3.98. The van der Waals surface area contributed by atoms with Crippen molar-refractivity contribution in [2.75, 3.05) is 6.54 Å². The third-order valence-electron chi connectivity index (χ3n) is 5.99. The smallest absolute Gasteiger partial charge is 0.243 e. The minimum Gasteiger partial charge on any atom is -0.333 e. The van der Waals surface area contributed by atoms with Gasteiger partial charge in [-0.2, -0.15) is 4.31 Å². The largest absolute Gasteiger partial charge is 0.333 e. The van der Waals surface area contributed by atoms with Crippen LogP contribution in [0.4, 0.5) is 0 Å². The molecule has 5 nitrogen and oxygen atoms in total. The maximum absolute atomic E-state index is 13.8. The lowest BCUT2D eigenvalue weighted by Crippen LogP contribution is -2.42. The van der Waals surface area contributed by atoms with Gasteiger partial charge in [-0.15, -0.1) is 0 Å². The van der Waals surface area contributed by atoms with Crippen molar-refractivity contribution in [3.63, 3.8) is 0 Å². The van der Waals surface area contributed by atoms with E-state index >= 15 is 0 Å². The lowest BCUT2D eigenvalue weighted by atomic mass is 10.1. The standard InChI is InChI=1S/C30H29ClN2O3S/c1-24-9-8-14-27(19-24)22-33(37(35,36)29-17-15-28(31)16-18-29)23-30(34)32(20-25-10-4-2-5-11-25)21-26-12-6-3-7-13-26/h2-19H,20-23H2,1H3. The first-order chi connectivity index (χ1) is 17.8. The Kier molecular flexibility index (Phi) is 8.77. The van der Waals surface area contributed by atoms with E-state index in [1.54, 1.807) is 4.90 Å². The molecule has 0 saturated carbocycles. The molecule has 0 aliphatic heterocycles. The molecule has 1 amide bonds. The highest BCUT2D eigenvalue weighted by atomic mass is 35.5. The monoisotopic (exact) mass is 532 g/mol. The molecule has 190 valence electrons. The summed E-state index contributed by atoms with van der Waals surface area (Å²) in [7, 11) is -3.98. The van der Waals surface area contributed by atoms with Gasteiger partial charge in [0.15, 0.2) is 0 Å². The fourth-order valence-electron chi connectivity index (χ4n) is 4.09. The Balaban J connectivity index is 1.66. The summed E-state index contributed by atoms with van der Waals surface area (Å²) in [5, 5.41) is 0.442. The highest BCUT2D eigenvalue weighted by Gasteiger charge is 2.29. The first-order valence-electron chi connectivity index (χ1n) is 12.0. The second kappa shape index (κ2) is 12.2. The molecule has 0 bridgehead atoms. The number of nitrogens with zero attached hydrogens (tertiary/aromatic N) is 2. The van der Waals surface area contributed by atoms with Crippen molar-refractivity contribution >= 4 is 27.5 Å². The van der Waals surface area contributed by atoms with Crippen molar-refractivity contribution in [1.29, 1.82) is 0 Å². The van der Waals surface area contributed by atoms with Crippen molar-refractivity contribution in [1.82, 2.24) is 9.21 Å². The maximum atomic E-state index is 13.8. The second-order valence-electron chi connectivity index (χ2n) is 8.94. The zero-order valence-corrected chi connectivity index (χ0v) is 22.2. The fraction of sp³-hybridized carbons (Fsp3) is 0.167. The van der Waals surface area contributed by atoms with Crippen molar-refractivity contribution in [2.45, 2.75) is 31.5 Å². The Bertz CT molecular complexity index is 1390. The van der Waals surface area contributed by atoms with E-state index in [0.29, 0.717) is 18.1 Å². The molecule has 7 heteroatoms. The number of hydrogen-bond donors (Lipinski definition) is 0. The van der Waals surface area contributed by atoms with Crippen molar-refractivity contribution in [2.24, 2.45) is 0 Å². The molecule has 0 fully saturated rings. The number of aryl methyl sites for hydroxylation is 1. The number of sulfonamides is 1. The number of carbonyl (C=O) groups excluding carboxylic acids is 1. The summed E-state index contributed by atoms with van der Waals surface area (Å²) in [5.41, 5.74) is 3.76. The molecule has 0 atom stereocenters.